The van der Waals surface area contributed by atoms with E-state index in [-0.39, 0.29) is 0 Å². The Balaban J connectivity index is 2.31. The van der Waals surface area contributed by atoms with Crippen LogP contribution in [0.25, 0.3) is 0 Å². The van der Waals surface area contributed by atoms with E-state index < -0.39 is 65.3 Å². The van der Waals surface area contributed by atoms with Gasteiger partial charge in [0.1, 0.15) is 18.6 Å². The molecular weight excluding hydrogens is 312 g/mol. The van der Waals surface area contributed by atoms with Crippen molar-refractivity contribution in [3.63, 3.8) is 0 Å². The Morgan fingerprint density at radius 1 is 1.05 bits per heavy atom. The van der Waals surface area contributed by atoms with Crippen LogP contribution in [0.4, 0.5) is 22.4 Å². The van der Waals surface area contributed by atoms with E-state index in [0.29, 0.717) is 0 Å². The van der Waals surface area contributed by atoms with Crippen molar-refractivity contribution in [1.82, 2.24) is 0 Å². The number of hydrogen-bond donors (Lipinski definition) is 0. The van der Waals surface area contributed by atoms with Crippen molar-refractivity contribution in [2.24, 2.45) is 5.41 Å². The van der Waals surface area contributed by atoms with Gasteiger partial charge in [-0.3, -0.25) is 4.79 Å². The summed E-state index contributed by atoms with van der Waals surface area (Å²) < 4.78 is 67.5. The average molecular weight is 322 g/mol. The van der Waals surface area contributed by atoms with E-state index in [2.05, 4.69) is 14.2 Å². The van der Waals surface area contributed by atoms with Crippen molar-refractivity contribution in [2.45, 2.75) is 13.8 Å². The molecule has 0 N–H and O–H groups in total. The number of halogens is 4. The fourth-order valence-corrected chi connectivity index (χ4v) is 1.66. The first-order valence-corrected chi connectivity index (χ1v) is 6.02. The van der Waals surface area contributed by atoms with Crippen molar-refractivity contribution in [1.29, 1.82) is 0 Å². The van der Waals surface area contributed by atoms with Crippen LogP contribution in [0.1, 0.15) is 12.5 Å². The topological polar surface area (TPSA) is 61.8 Å². The lowest BCUT2D eigenvalue weighted by atomic mass is 9.92. The van der Waals surface area contributed by atoms with Crippen molar-refractivity contribution in [3.8, 4) is 5.75 Å². The summed E-state index contributed by atoms with van der Waals surface area (Å²) in [6.45, 7) is 1.13. The first-order chi connectivity index (χ1) is 10.2. The van der Waals surface area contributed by atoms with Crippen LogP contribution in [0.15, 0.2) is 0 Å². The third-order valence-corrected chi connectivity index (χ3v) is 3.15. The van der Waals surface area contributed by atoms with Gasteiger partial charge in [0.05, 0.1) is 0 Å². The summed E-state index contributed by atoms with van der Waals surface area (Å²) in [7, 11) is 0. The number of cyclic esters (lactones) is 2. The van der Waals surface area contributed by atoms with Gasteiger partial charge in [-0.1, -0.05) is 0 Å². The number of ether oxygens (including phenoxy) is 3. The predicted octanol–water partition coefficient (Wildman–Crippen LogP) is 2.63. The molecule has 1 heterocycles. The molecule has 1 aromatic rings. The Hall–Kier alpha value is -2.32. The molecule has 0 bridgehead atoms. The second-order valence-electron chi connectivity index (χ2n) is 4.99. The maximum absolute atomic E-state index is 13.6. The van der Waals surface area contributed by atoms with Gasteiger partial charge >= 0.3 is 12.1 Å². The summed E-state index contributed by atoms with van der Waals surface area (Å²) in [4.78, 5) is 22.7. The molecule has 0 unspecified atom stereocenters. The number of hydrogen-bond acceptors (Lipinski definition) is 5. The summed E-state index contributed by atoms with van der Waals surface area (Å²) in [6.07, 6.45) is -1.02. The molecule has 1 aliphatic rings. The zero-order chi connectivity index (χ0) is 16.7. The van der Waals surface area contributed by atoms with Crippen LogP contribution >= 0.6 is 0 Å². The van der Waals surface area contributed by atoms with Crippen LogP contribution in [-0.4, -0.2) is 25.3 Å². The minimum Gasteiger partial charge on any atom is -0.433 e. The molecule has 1 aliphatic heterocycles. The van der Waals surface area contributed by atoms with Gasteiger partial charge in [0, 0.05) is 5.56 Å². The smallest absolute Gasteiger partial charge is 0.433 e. The van der Waals surface area contributed by atoms with Gasteiger partial charge in [0.2, 0.25) is 17.4 Å². The zero-order valence-corrected chi connectivity index (χ0v) is 11.5. The van der Waals surface area contributed by atoms with Crippen LogP contribution in [0.5, 0.6) is 5.75 Å². The lowest BCUT2D eigenvalue weighted by molar-refractivity contribution is -0.156. The van der Waals surface area contributed by atoms with Gasteiger partial charge in [0.15, 0.2) is 11.6 Å². The van der Waals surface area contributed by atoms with Crippen LogP contribution in [0.3, 0.4) is 0 Å². The van der Waals surface area contributed by atoms with Gasteiger partial charge in [-0.25, -0.2) is 13.6 Å². The fraction of sp³-hybridized carbons (Fsp3) is 0.385. The highest BCUT2D eigenvalue weighted by atomic mass is 19.2. The summed E-state index contributed by atoms with van der Waals surface area (Å²) in [5.41, 5.74) is -2.44. The van der Waals surface area contributed by atoms with E-state index in [0.717, 1.165) is 6.92 Å². The molecule has 2 rings (SSSR count). The first kappa shape index (κ1) is 16.1. The largest absolute Gasteiger partial charge is 0.508 e. The van der Waals surface area contributed by atoms with Gasteiger partial charge < -0.3 is 14.2 Å². The molecule has 1 saturated heterocycles. The van der Waals surface area contributed by atoms with Crippen molar-refractivity contribution >= 4 is 12.1 Å². The third kappa shape index (κ3) is 2.58. The van der Waals surface area contributed by atoms with E-state index in [9.17, 15) is 27.2 Å². The molecule has 0 radical (unpaired) electrons. The van der Waals surface area contributed by atoms with Gasteiger partial charge in [-0.2, -0.15) is 8.78 Å². The summed E-state index contributed by atoms with van der Waals surface area (Å²) >= 11 is 0. The third-order valence-electron chi connectivity index (χ3n) is 3.15. The maximum atomic E-state index is 13.6. The highest BCUT2D eigenvalue weighted by Crippen LogP contribution is 2.32. The summed E-state index contributed by atoms with van der Waals surface area (Å²) in [6, 6.07) is 0. The maximum Gasteiger partial charge on any atom is 0.508 e. The number of carbonyl (C=O) groups excluding carboxylic acids is 2. The fourth-order valence-electron chi connectivity index (χ4n) is 1.66. The SMILES string of the molecule is Cc1c(F)c(F)c(OC(=O)C2(C)COC(=O)OC2)c(F)c1F. The average Bonchev–Trinajstić information content (AvgIpc) is 2.50. The first-order valence-electron chi connectivity index (χ1n) is 6.02. The molecule has 0 atom stereocenters. The van der Waals surface area contributed by atoms with Gasteiger partial charge in [-0.05, 0) is 13.8 Å². The molecule has 120 valence electrons. The van der Waals surface area contributed by atoms with Crippen molar-refractivity contribution in [3.05, 3.63) is 28.8 Å². The number of carbonyl (C=O) groups is 2. The Morgan fingerprint density at radius 2 is 1.50 bits per heavy atom. The molecule has 1 fully saturated rings. The molecule has 9 heteroatoms. The number of rotatable bonds is 2. The van der Waals surface area contributed by atoms with Crippen LogP contribution in [-0.2, 0) is 14.3 Å². The van der Waals surface area contributed by atoms with E-state index >= 15 is 0 Å². The Labute approximate surface area is 121 Å². The normalized spacial score (nSPS) is 16.7. The van der Waals surface area contributed by atoms with E-state index in [1.807, 2.05) is 0 Å². The second-order valence-corrected chi connectivity index (χ2v) is 4.99. The Bertz CT molecular complexity index is 619. The minimum atomic E-state index is -1.83. The molecule has 0 saturated carbocycles. The van der Waals surface area contributed by atoms with Crippen molar-refractivity contribution in [2.75, 3.05) is 13.2 Å². The van der Waals surface area contributed by atoms with E-state index in [4.69, 9.17) is 0 Å². The summed E-state index contributed by atoms with van der Waals surface area (Å²) in [5, 5.41) is 0. The molecular formula is C13H10F4O5. The Kier molecular flexibility index (Phi) is 3.99. The molecule has 0 amide bonds. The molecule has 0 aromatic heterocycles. The standard InChI is InChI=1S/C13H10F4O5/c1-5-6(14)8(16)10(9(17)7(5)15)22-11(18)13(2)3-20-12(19)21-4-13/h3-4H2,1-2H3. The van der Waals surface area contributed by atoms with Crippen LogP contribution in [0.2, 0.25) is 0 Å². The summed E-state index contributed by atoms with van der Waals surface area (Å²) in [5.74, 6) is -9.76. The predicted molar refractivity (Wildman–Crippen MR) is 62.1 cm³/mol. The Morgan fingerprint density at radius 3 is 1.95 bits per heavy atom. The molecule has 0 spiro atoms. The lowest BCUT2D eigenvalue weighted by Crippen LogP contribution is -2.45. The molecule has 0 aliphatic carbocycles. The second kappa shape index (κ2) is 5.47. The van der Waals surface area contributed by atoms with E-state index in [1.165, 1.54) is 6.92 Å². The van der Waals surface area contributed by atoms with Gasteiger partial charge in [0.25, 0.3) is 0 Å². The van der Waals surface area contributed by atoms with Crippen molar-refractivity contribution < 1.29 is 41.4 Å². The highest BCUT2D eigenvalue weighted by molar-refractivity contribution is 5.80. The van der Waals surface area contributed by atoms with E-state index in [1.54, 1.807) is 0 Å². The number of esters is 1. The lowest BCUT2D eigenvalue weighted by Gasteiger charge is -2.29. The molecule has 5 nitrogen and oxygen atoms in total. The van der Waals surface area contributed by atoms with Crippen LogP contribution in [0, 0.1) is 35.6 Å². The quantitative estimate of drug-likeness (QED) is 0.362. The molecule has 22 heavy (non-hydrogen) atoms. The molecule has 1 aromatic carbocycles. The number of benzene rings is 1. The zero-order valence-electron chi connectivity index (χ0n) is 11.5. The monoisotopic (exact) mass is 322 g/mol. The highest BCUT2D eigenvalue weighted by Gasteiger charge is 2.43. The van der Waals surface area contributed by atoms with Gasteiger partial charge in [-0.15, -0.1) is 0 Å². The minimum absolute atomic E-state index is 0.468. The van der Waals surface area contributed by atoms with Crippen LogP contribution < -0.4 is 4.74 Å².